The van der Waals surface area contributed by atoms with Crippen LogP contribution in [0.1, 0.15) is 25.1 Å². The molecule has 74 valence electrons. The topological polar surface area (TPSA) is 50.9 Å². The highest BCUT2D eigenvalue weighted by Crippen LogP contribution is 2.05. The van der Waals surface area contributed by atoms with Gasteiger partial charge >= 0.3 is 0 Å². The third-order valence-corrected chi connectivity index (χ3v) is 2.51. The number of thiazole rings is 1. The van der Waals surface area contributed by atoms with E-state index in [4.69, 9.17) is 5.73 Å². The highest BCUT2D eigenvalue weighted by atomic mass is 32.1. The van der Waals surface area contributed by atoms with E-state index in [-0.39, 0.29) is 5.54 Å². The molecule has 3 N–H and O–H groups in total. The molecule has 0 unspecified atom stereocenters. The van der Waals surface area contributed by atoms with Gasteiger partial charge in [-0.15, -0.1) is 11.3 Å². The second-order valence-corrected chi connectivity index (χ2v) is 4.85. The van der Waals surface area contributed by atoms with Gasteiger partial charge in [0.15, 0.2) is 0 Å². The second-order valence-electron chi connectivity index (χ2n) is 3.88. The Morgan fingerprint density at radius 1 is 1.62 bits per heavy atom. The van der Waals surface area contributed by atoms with E-state index >= 15 is 0 Å². The molecule has 0 saturated heterocycles. The van der Waals surface area contributed by atoms with Gasteiger partial charge < -0.3 is 11.1 Å². The molecule has 3 nitrogen and oxygen atoms in total. The van der Waals surface area contributed by atoms with E-state index in [2.05, 4.69) is 10.3 Å². The van der Waals surface area contributed by atoms with Crippen molar-refractivity contribution in [3.05, 3.63) is 16.6 Å². The molecule has 1 rings (SSSR count). The third kappa shape index (κ3) is 4.98. The van der Waals surface area contributed by atoms with Gasteiger partial charge in [-0.25, -0.2) is 0 Å². The van der Waals surface area contributed by atoms with Crippen LogP contribution in [0, 0.1) is 0 Å². The molecule has 0 aliphatic heterocycles. The quantitative estimate of drug-likeness (QED) is 0.704. The van der Waals surface area contributed by atoms with Crippen molar-refractivity contribution in [2.75, 3.05) is 6.54 Å². The lowest BCUT2D eigenvalue weighted by Crippen LogP contribution is -2.35. The first-order chi connectivity index (χ1) is 6.08. The summed E-state index contributed by atoms with van der Waals surface area (Å²) in [4.78, 5) is 5.28. The zero-order valence-electron chi connectivity index (χ0n) is 8.21. The minimum atomic E-state index is -0.0688. The molecule has 0 fully saturated rings. The summed E-state index contributed by atoms with van der Waals surface area (Å²) in [6, 6.07) is 0. The second kappa shape index (κ2) is 4.69. The van der Waals surface area contributed by atoms with Gasteiger partial charge in [-0.05, 0) is 26.8 Å². The predicted molar refractivity (Wildman–Crippen MR) is 56.7 cm³/mol. The molecule has 1 aromatic heterocycles. The summed E-state index contributed by atoms with van der Waals surface area (Å²) in [5.41, 5.74) is 7.63. The smallest absolute Gasteiger partial charge is 0.0794 e. The normalized spacial score (nSPS) is 11.9. The fourth-order valence-corrected chi connectivity index (χ4v) is 1.52. The number of rotatable bonds is 5. The lowest BCUT2D eigenvalue weighted by molar-refractivity contribution is 0.455. The van der Waals surface area contributed by atoms with Crippen molar-refractivity contribution in [3.8, 4) is 0 Å². The van der Waals surface area contributed by atoms with Crippen molar-refractivity contribution < 1.29 is 0 Å². The van der Waals surface area contributed by atoms with Crippen LogP contribution in [0.3, 0.4) is 0 Å². The Labute approximate surface area is 83.4 Å². The van der Waals surface area contributed by atoms with Crippen LogP contribution in [-0.4, -0.2) is 17.1 Å². The zero-order chi connectivity index (χ0) is 9.73. The standard InChI is InChI=1S/C9H17N3S/c1-9(2,10)3-4-11-5-8-6-12-7-13-8/h6-7,11H,3-5,10H2,1-2H3. The van der Waals surface area contributed by atoms with Crippen LogP contribution in [0.2, 0.25) is 0 Å². The van der Waals surface area contributed by atoms with Gasteiger partial charge in [0.2, 0.25) is 0 Å². The molecule has 1 aromatic rings. The molecular weight excluding hydrogens is 182 g/mol. The molecule has 0 amide bonds. The minimum absolute atomic E-state index is 0.0688. The van der Waals surface area contributed by atoms with Gasteiger partial charge in [0.05, 0.1) is 5.51 Å². The Hall–Kier alpha value is -0.450. The maximum Gasteiger partial charge on any atom is 0.0794 e. The van der Waals surface area contributed by atoms with Crippen LogP contribution < -0.4 is 11.1 Å². The number of hydrogen-bond acceptors (Lipinski definition) is 4. The highest BCUT2D eigenvalue weighted by Gasteiger charge is 2.08. The Morgan fingerprint density at radius 3 is 2.92 bits per heavy atom. The first-order valence-electron chi connectivity index (χ1n) is 4.45. The summed E-state index contributed by atoms with van der Waals surface area (Å²) < 4.78 is 0. The maximum absolute atomic E-state index is 5.85. The predicted octanol–water partition coefficient (Wildman–Crippen LogP) is 1.36. The fourth-order valence-electron chi connectivity index (χ4n) is 0.952. The Balaban J connectivity index is 2.09. The van der Waals surface area contributed by atoms with Gasteiger partial charge in [-0.1, -0.05) is 0 Å². The number of nitrogens with one attached hydrogen (secondary N) is 1. The van der Waals surface area contributed by atoms with E-state index in [9.17, 15) is 0 Å². The third-order valence-electron chi connectivity index (χ3n) is 1.73. The van der Waals surface area contributed by atoms with Crippen LogP contribution in [0.15, 0.2) is 11.7 Å². The summed E-state index contributed by atoms with van der Waals surface area (Å²) in [7, 11) is 0. The zero-order valence-corrected chi connectivity index (χ0v) is 9.03. The van der Waals surface area contributed by atoms with Crippen molar-refractivity contribution >= 4 is 11.3 Å². The van der Waals surface area contributed by atoms with E-state index in [1.807, 2.05) is 25.6 Å². The molecule has 0 aromatic carbocycles. The number of hydrogen-bond donors (Lipinski definition) is 2. The molecule has 0 saturated carbocycles. The molecule has 0 aliphatic carbocycles. The van der Waals surface area contributed by atoms with Crippen LogP contribution in [0.4, 0.5) is 0 Å². The number of nitrogens with two attached hydrogens (primary N) is 1. The summed E-state index contributed by atoms with van der Waals surface area (Å²) in [5, 5.41) is 3.33. The Kier molecular flexibility index (Phi) is 3.84. The van der Waals surface area contributed by atoms with E-state index in [0.717, 1.165) is 19.5 Å². The minimum Gasteiger partial charge on any atom is -0.326 e. The largest absolute Gasteiger partial charge is 0.326 e. The average Bonchev–Trinajstić information content (AvgIpc) is 2.48. The molecule has 13 heavy (non-hydrogen) atoms. The molecule has 0 atom stereocenters. The molecule has 0 bridgehead atoms. The summed E-state index contributed by atoms with van der Waals surface area (Å²) in [6.07, 6.45) is 2.89. The van der Waals surface area contributed by atoms with Gasteiger partial charge in [0.25, 0.3) is 0 Å². The summed E-state index contributed by atoms with van der Waals surface area (Å²) >= 11 is 1.68. The molecule has 4 heteroatoms. The lowest BCUT2D eigenvalue weighted by Gasteiger charge is -2.17. The van der Waals surface area contributed by atoms with E-state index in [1.165, 1.54) is 4.88 Å². The lowest BCUT2D eigenvalue weighted by atomic mass is 10.0. The molecule has 0 aliphatic rings. The highest BCUT2D eigenvalue weighted by molar-refractivity contribution is 7.09. The summed E-state index contributed by atoms with van der Waals surface area (Å²) in [6.45, 7) is 5.95. The monoisotopic (exact) mass is 199 g/mol. The fraction of sp³-hybridized carbons (Fsp3) is 0.667. The van der Waals surface area contributed by atoms with Crippen LogP contribution >= 0.6 is 11.3 Å². The van der Waals surface area contributed by atoms with Gasteiger partial charge in [0, 0.05) is 23.2 Å². The van der Waals surface area contributed by atoms with Gasteiger partial charge in [-0.3, -0.25) is 4.98 Å². The molecular formula is C9H17N3S. The van der Waals surface area contributed by atoms with Crippen LogP contribution in [-0.2, 0) is 6.54 Å². The van der Waals surface area contributed by atoms with E-state index < -0.39 is 0 Å². The number of aromatic nitrogens is 1. The van der Waals surface area contributed by atoms with Crippen molar-refractivity contribution in [1.29, 1.82) is 0 Å². The average molecular weight is 199 g/mol. The van der Waals surface area contributed by atoms with Crippen molar-refractivity contribution in [2.45, 2.75) is 32.4 Å². The molecule has 0 spiro atoms. The van der Waals surface area contributed by atoms with Gasteiger partial charge in [0.1, 0.15) is 0 Å². The maximum atomic E-state index is 5.85. The van der Waals surface area contributed by atoms with Crippen molar-refractivity contribution in [2.24, 2.45) is 5.73 Å². The van der Waals surface area contributed by atoms with Crippen molar-refractivity contribution in [1.82, 2.24) is 10.3 Å². The Bertz CT molecular complexity index is 226. The van der Waals surface area contributed by atoms with E-state index in [1.54, 1.807) is 11.3 Å². The molecule has 0 radical (unpaired) electrons. The van der Waals surface area contributed by atoms with E-state index in [0.29, 0.717) is 0 Å². The van der Waals surface area contributed by atoms with Crippen molar-refractivity contribution in [3.63, 3.8) is 0 Å². The van der Waals surface area contributed by atoms with Crippen LogP contribution in [0.5, 0.6) is 0 Å². The van der Waals surface area contributed by atoms with Gasteiger partial charge in [-0.2, -0.15) is 0 Å². The first kappa shape index (κ1) is 10.6. The van der Waals surface area contributed by atoms with Crippen LogP contribution in [0.25, 0.3) is 0 Å². The SMILES string of the molecule is CC(C)(N)CCNCc1cncs1. The number of nitrogens with zero attached hydrogens (tertiary/aromatic N) is 1. The Morgan fingerprint density at radius 2 is 2.38 bits per heavy atom. The first-order valence-corrected chi connectivity index (χ1v) is 5.33. The summed E-state index contributed by atoms with van der Waals surface area (Å²) in [5.74, 6) is 0. The molecule has 1 heterocycles.